The fourth-order valence-corrected chi connectivity index (χ4v) is 4.20. The van der Waals surface area contributed by atoms with Crippen LogP contribution in [0.15, 0.2) is 43.0 Å². The van der Waals surface area contributed by atoms with Gasteiger partial charge < -0.3 is 39.8 Å². The number of rotatable bonds is 19. The highest BCUT2D eigenvalue weighted by molar-refractivity contribution is 5.92. The Labute approximate surface area is 289 Å². The lowest BCUT2D eigenvalue weighted by Gasteiger charge is -2.33. The largest absolute Gasteiger partial charge is 0.458 e. The summed E-state index contributed by atoms with van der Waals surface area (Å²) in [5, 5.41) is 7.32. The number of ether oxygens (including phenoxy) is 4. The zero-order valence-corrected chi connectivity index (χ0v) is 30.1. The Hall–Kier alpha value is -4.46. The number of esters is 1. The monoisotopic (exact) mass is 690 g/mol. The SMILES string of the molecule is C=CCOC(=O)NC(COCc1ccccc1)C(=O)NCC(=O)N(CCC(=O)CNC(=O)OC(C)(C)C)C(CC(C)C)C(=O)OC(C)(C)C. The van der Waals surface area contributed by atoms with Crippen molar-refractivity contribution in [1.82, 2.24) is 20.9 Å². The Morgan fingerprint density at radius 2 is 1.51 bits per heavy atom. The Balaban J connectivity index is 3.13. The van der Waals surface area contributed by atoms with Crippen molar-refractivity contribution in [2.24, 2.45) is 5.92 Å². The van der Waals surface area contributed by atoms with Crippen LogP contribution < -0.4 is 16.0 Å². The van der Waals surface area contributed by atoms with Crippen molar-refractivity contribution in [3.05, 3.63) is 48.6 Å². The Bertz CT molecular complexity index is 1260. The van der Waals surface area contributed by atoms with Crippen molar-refractivity contribution in [2.45, 2.75) is 98.1 Å². The first-order chi connectivity index (χ1) is 22.8. The first-order valence-corrected chi connectivity index (χ1v) is 16.3. The van der Waals surface area contributed by atoms with E-state index >= 15 is 0 Å². The smallest absolute Gasteiger partial charge is 0.408 e. The summed E-state index contributed by atoms with van der Waals surface area (Å²) in [6.07, 6.45) is -0.292. The molecule has 1 aromatic carbocycles. The molecule has 0 bridgehead atoms. The van der Waals surface area contributed by atoms with E-state index in [4.69, 9.17) is 18.9 Å². The summed E-state index contributed by atoms with van der Waals surface area (Å²) in [6, 6.07) is 6.88. The molecule has 3 N–H and O–H groups in total. The summed E-state index contributed by atoms with van der Waals surface area (Å²) in [5.41, 5.74) is -0.774. The number of Topliss-reactive ketones (excluding diaryl/α,β-unsaturated/α-hetero) is 1. The first-order valence-electron chi connectivity index (χ1n) is 16.3. The van der Waals surface area contributed by atoms with Gasteiger partial charge in [0, 0.05) is 13.0 Å². The van der Waals surface area contributed by atoms with E-state index in [1.54, 1.807) is 41.5 Å². The van der Waals surface area contributed by atoms with E-state index in [1.165, 1.54) is 11.0 Å². The molecule has 0 spiro atoms. The van der Waals surface area contributed by atoms with E-state index in [-0.39, 0.29) is 51.7 Å². The lowest BCUT2D eigenvalue weighted by Crippen LogP contribution is -2.54. The number of carbonyl (C=O) groups excluding carboxylic acids is 6. The Kier molecular flexibility index (Phi) is 18.1. The molecule has 14 nitrogen and oxygen atoms in total. The fraction of sp³-hybridized carbons (Fsp3) is 0.600. The molecule has 2 atom stereocenters. The number of carbonyl (C=O) groups is 6. The van der Waals surface area contributed by atoms with Gasteiger partial charge in [0.1, 0.15) is 29.9 Å². The van der Waals surface area contributed by atoms with Crippen LogP contribution in [0.1, 0.15) is 73.8 Å². The maximum Gasteiger partial charge on any atom is 0.408 e. The number of nitrogens with zero attached hydrogens (tertiary/aromatic N) is 1. The van der Waals surface area contributed by atoms with Gasteiger partial charge in [0.2, 0.25) is 11.8 Å². The average molecular weight is 691 g/mol. The third-order valence-electron chi connectivity index (χ3n) is 6.28. The second kappa shape index (κ2) is 20.8. The van der Waals surface area contributed by atoms with Gasteiger partial charge in [0.15, 0.2) is 5.78 Å². The predicted octanol–water partition coefficient (Wildman–Crippen LogP) is 3.67. The van der Waals surface area contributed by atoms with E-state index in [1.807, 2.05) is 44.2 Å². The van der Waals surface area contributed by atoms with E-state index in [0.717, 1.165) is 5.56 Å². The van der Waals surface area contributed by atoms with Crippen LogP contribution in [-0.4, -0.2) is 96.8 Å². The highest BCUT2D eigenvalue weighted by atomic mass is 16.6. The Morgan fingerprint density at radius 3 is 2.08 bits per heavy atom. The highest BCUT2D eigenvalue weighted by Crippen LogP contribution is 2.18. The average Bonchev–Trinajstić information content (AvgIpc) is 2.99. The third-order valence-corrected chi connectivity index (χ3v) is 6.28. The van der Waals surface area contributed by atoms with Crippen molar-refractivity contribution < 1.29 is 47.7 Å². The standard InChI is InChI=1S/C35H54N4O10/c1-10-18-47-33(45)38-27(23-46-22-25-14-12-11-13-15-25)30(42)36-21-29(41)39(28(19-24(2)3)31(43)48-34(4,5)6)17-16-26(40)20-37-32(44)49-35(7,8)9/h10-15,24,27-28H,1,16-23H2,2-9H3,(H,36,42)(H,37,44)(H,38,45). The molecule has 49 heavy (non-hydrogen) atoms. The molecule has 1 aromatic rings. The maximum absolute atomic E-state index is 13.7. The van der Waals surface area contributed by atoms with Gasteiger partial charge in [-0.25, -0.2) is 14.4 Å². The summed E-state index contributed by atoms with van der Waals surface area (Å²) in [6.45, 7) is 16.1. The summed E-state index contributed by atoms with van der Waals surface area (Å²) in [5.74, 6) is -2.55. The fourth-order valence-electron chi connectivity index (χ4n) is 4.20. The number of ketones is 1. The molecule has 2 unspecified atom stereocenters. The molecule has 0 radical (unpaired) electrons. The lowest BCUT2D eigenvalue weighted by molar-refractivity contribution is -0.165. The van der Waals surface area contributed by atoms with Crippen LogP contribution in [-0.2, 0) is 44.7 Å². The van der Waals surface area contributed by atoms with Crippen molar-refractivity contribution in [3.63, 3.8) is 0 Å². The summed E-state index contributed by atoms with van der Waals surface area (Å²) >= 11 is 0. The molecule has 0 fully saturated rings. The van der Waals surface area contributed by atoms with Gasteiger partial charge in [-0.2, -0.15) is 0 Å². The van der Waals surface area contributed by atoms with E-state index in [9.17, 15) is 28.8 Å². The molecule has 1 rings (SSSR count). The molecule has 0 aliphatic rings. The summed E-state index contributed by atoms with van der Waals surface area (Å²) in [4.78, 5) is 78.6. The molecular formula is C35H54N4O10. The molecule has 274 valence electrons. The molecule has 14 heteroatoms. The third kappa shape index (κ3) is 19.2. The molecule has 0 saturated carbocycles. The summed E-state index contributed by atoms with van der Waals surface area (Å²) < 4.78 is 21.4. The normalized spacial score (nSPS) is 12.6. The van der Waals surface area contributed by atoms with Crippen LogP contribution in [0.4, 0.5) is 9.59 Å². The number of hydrogen-bond donors (Lipinski definition) is 3. The Morgan fingerprint density at radius 1 is 0.878 bits per heavy atom. The topological polar surface area (TPSA) is 179 Å². The van der Waals surface area contributed by atoms with Gasteiger partial charge in [0.25, 0.3) is 0 Å². The zero-order chi connectivity index (χ0) is 37.2. The van der Waals surface area contributed by atoms with Crippen molar-refractivity contribution in [3.8, 4) is 0 Å². The van der Waals surface area contributed by atoms with Crippen LogP contribution in [0.5, 0.6) is 0 Å². The van der Waals surface area contributed by atoms with Gasteiger partial charge >= 0.3 is 18.2 Å². The number of alkyl carbamates (subject to hydrolysis) is 2. The minimum absolute atomic E-state index is 0.0520. The number of nitrogens with one attached hydrogen (secondary N) is 3. The van der Waals surface area contributed by atoms with E-state index in [0.29, 0.717) is 0 Å². The molecule has 0 heterocycles. The van der Waals surface area contributed by atoms with Gasteiger partial charge in [-0.05, 0) is 59.4 Å². The molecular weight excluding hydrogens is 636 g/mol. The predicted molar refractivity (Wildman–Crippen MR) is 182 cm³/mol. The zero-order valence-electron chi connectivity index (χ0n) is 30.1. The van der Waals surface area contributed by atoms with Crippen molar-refractivity contribution >= 4 is 35.8 Å². The van der Waals surface area contributed by atoms with Crippen LogP contribution in [0.25, 0.3) is 0 Å². The van der Waals surface area contributed by atoms with Crippen LogP contribution in [0.2, 0.25) is 0 Å². The second-order valence-corrected chi connectivity index (χ2v) is 13.7. The first kappa shape index (κ1) is 42.6. The second-order valence-electron chi connectivity index (χ2n) is 13.7. The lowest BCUT2D eigenvalue weighted by atomic mass is 10.0. The van der Waals surface area contributed by atoms with Crippen molar-refractivity contribution in [2.75, 3.05) is 32.8 Å². The number of amides is 4. The number of hydrogen-bond acceptors (Lipinski definition) is 10. The van der Waals surface area contributed by atoms with Crippen LogP contribution in [0.3, 0.4) is 0 Å². The van der Waals surface area contributed by atoms with Crippen molar-refractivity contribution in [1.29, 1.82) is 0 Å². The van der Waals surface area contributed by atoms with Gasteiger partial charge in [0.05, 0.1) is 26.3 Å². The van der Waals surface area contributed by atoms with Gasteiger partial charge in [-0.1, -0.05) is 56.8 Å². The minimum Gasteiger partial charge on any atom is -0.458 e. The van der Waals surface area contributed by atoms with Crippen LogP contribution in [0, 0.1) is 5.92 Å². The van der Waals surface area contributed by atoms with Crippen LogP contribution >= 0.6 is 0 Å². The van der Waals surface area contributed by atoms with E-state index < -0.39 is 65.6 Å². The van der Waals surface area contributed by atoms with Gasteiger partial charge in [-0.3, -0.25) is 14.4 Å². The molecule has 0 aromatic heterocycles. The molecule has 0 aliphatic carbocycles. The molecule has 0 saturated heterocycles. The van der Waals surface area contributed by atoms with E-state index in [2.05, 4.69) is 22.5 Å². The summed E-state index contributed by atoms with van der Waals surface area (Å²) in [7, 11) is 0. The highest BCUT2D eigenvalue weighted by Gasteiger charge is 2.35. The quantitative estimate of drug-likeness (QED) is 0.110. The number of benzene rings is 1. The minimum atomic E-state index is -1.24. The molecule has 0 aliphatic heterocycles. The van der Waals surface area contributed by atoms with Gasteiger partial charge in [-0.15, -0.1) is 0 Å². The molecule has 4 amide bonds. The maximum atomic E-state index is 13.7.